The molecule has 1 heterocycles. The standard InChI is InChI=1S/C21H35N5O3.HI/c1-6-26-11-7-8-17(26)14-23-21(24-15-20(27)25(2)3)22-13-16-9-10-18(28-4)12-19(16)29-5;/h9-10,12,17H,6-8,11,13-15H2,1-5H3,(H2,22,23,24);1H. The van der Waals surface area contributed by atoms with E-state index in [0.29, 0.717) is 18.5 Å². The number of benzene rings is 1. The van der Waals surface area contributed by atoms with Gasteiger partial charge in [0.25, 0.3) is 0 Å². The van der Waals surface area contributed by atoms with Gasteiger partial charge in [0.1, 0.15) is 11.5 Å². The Morgan fingerprint density at radius 3 is 2.67 bits per heavy atom. The van der Waals surface area contributed by atoms with Gasteiger partial charge in [-0.25, -0.2) is 4.99 Å². The molecule has 9 heteroatoms. The van der Waals surface area contributed by atoms with Crippen LogP contribution in [0.1, 0.15) is 25.3 Å². The molecule has 0 aliphatic carbocycles. The van der Waals surface area contributed by atoms with Crippen LogP contribution in [-0.4, -0.2) is 82.2 Å². The molecular formula is C21H36IN5O3. The molecule has 1 saturated heterocycles. The van der Waals surface area contributed by atoms with Crippen LogP contribution in [0.5, 0.6) is 11.5 Å². The van der Waals surface area contributed by atoms with Gasteiger partial charge in [-0.1, -0.05) is 6.92 Å². The summed E-state index contributed by atoms with van der Waals surface area (Å²) in [5.41, 5.74) is 0.949. The number of halogens is 1. The van der Waals surface area contributed by atoms with Gasteiger partial charge in [-0.2, -0.15) is 0 Å². The predicted molar refractivity (Wildman–Crippen MR) is 131 cm³/mol. The maximum atomic E-state index is 12.0. The van der Waals surface area contributed by atoms with Crippen molar-refractivity contribution >= 4 is 35.8 Å². The minimum absolute atomic E-state index is 0. The van der Waals surface area contributed by atoms with Gasteiger partial charge in [0, 0.05) is 38.3 Å². The Hall–Kier alpha value is -1.75. The first-order valence-electron chi connectivity index (χ1n) is 10.2. The van der Waals surface area contributed by atoms with Crippen molar-refractivity contribution in [1.82, 2.24) is 20.4 Å². The summed E-state index contributed by atoms with van der Waals surface area (Å²) in [6.45, 7) is 5.81. The molecule has 1 fully saturated rings. The molecule has 1 amide bonds. The summed E-state index contributed by atoms with van der Waals surface area (Å²) < 4.78 is 10.7. The second kappa shape index (κ2) is 13.5. The van der Waals surface area contributed by atoms with Crippen LogP contribution in [-0.2, 0) is 11.3 Å². The van der Waals surface area contributed by atoms with Gasteiger partial charge in [0.15, 0.2) is 5.96 Å². The Labute approximate surface area is 197 Å². The van der Waals surface area contributed by atoms with Crippen LogP contribution in [0.2, 0.25) is 0 Å². The van der Waals surface area contributed by atoms with Crippen LogP contribution >= 0.6 is 24.0 Å². The van der Waals surface area contributed by atoms with E-state index in [0.717, 1.165) is 36.7 Å². The quantitative estimate of drug-likeness (QED) is 0.287. The number of nitrogens with zero attached hydrogens (tertiary/aromatic N) is 3. The van der Waals surface area contributed by atoms with E-state index < -0.39 is 0 Å². The third-order valence-corrected chi connectivity index (χ3v) is 5.22. The highest BCUT2D eigenvalue weighted by atomic mass is 127. The van der Waals surface area contributed by atoms with Crippen LogP contribution < -0.4 is 20.1 Å². The zero-order chi connectivity index (χ0) is 21.2. The van der Waals surface area contributed by atoms with E-state index in [4.69, 9.17) is 9.47 Å². The average molecular weight is 533 g/mol. The fourth-order valence-corrected chi connectivity index (χ4v) is 3.40. The number of hydrogen-bond acceptors (Lipinski definition) is 5. The molecule has 1 aliphatic heterocycles. The first-order valence-corrected chi connectivity index (χ1v) is 10.2. The summed E-state index contributed by atoms with van der Waals surface area (Å²) in [6.07, 6.45) is 2.40. The van der Waals surface area contributed by atoms with E-state index in [1.54, 1.807) is 33.2 Å². The Morgan fingerprint density at radius 1 is 1.27 bits per heavy atom. The lowest BCUT2D eigenvalue weighted by Gasteiger charge is -2.24. The van der Waals surface area contributed by atoms with Crippen molar-refractivity contribution in [3.8, 4) is 11.5 Å². The number of hydrogen-bond donors (Lipinski definition) is 2. The van der Waals surface area contributed by atoms with Gasteiger partial charge < -0.3 is 25.0 Å². The summed E-state index contributed by atoms with van der Waals surface area (Å²) in [6, 6.07) is 6.17. The van der Waals surface area contributed by atoms with Crippen LogP contribution in [0.25, 0.3) is 0 Å². The molecule has 2 N–H and O–H groups in total. The van der Waals surface area contributed by atoms with Gasteiger partial charge in [-0.15, -0.1) is 24.0 Å². The summed E-state index contributed by atoms with van der Waals surface area (Å²) in [7, 11) is 6.75. The lowest BCUT2D eigenvalue weighted by atomic mass is 10.2. The molecule has 1 aromatic carbocycles. The zero-order valence-electron chi connectivity index (χ0n) is 18.7. The third-order valence-electron chi connectivity index (χ3n) is 5.22. The summed E-state index contributed by atoms with van der Waals surface area (Å²) in [4.78, 5) is 20.7. The lowest BCUT2D eigenvalue weighted by molar-refractivity contribution is -0.127. The third kappa shape index (κ3) is 7.82. The Balaban J connectivity index is 0.00000450. The number of amides is 1. The molecule has 8 nitrogen and oxygen atoms in total. The van der Waals surface area contributed by atoms with Gasteiger partial charge in [-0.05, 0) is 38.1 Å². The zero-order valence-corrected chi connectivity index (χ0v) is 21.1. The smallest absolute Gasteiger partial charge is 0.241 e. The lowest BCUT2D eigenvalue weighted by Crippen LogP contribution is -2.47. The number of likely N-dealkylation sites (N-methyl/N-ethyl adjacent to an activating group) is 2. The number of aliphatic imine (C=N–C) groups is 1. The van der Waals surface area contributed by atoms with Crippen molar-refractivity contribution in [2.24, 2.45) is 4.99 Å². The van der Waals surface area contributed by atoms with E-state index >= 15 is 0 Å². The second-order valence-electron chi connectivity index (χ2n) is 7.29. The van der Waals surface area contributed by atoms with E-state index in [9.17, 15) is 4.79 Å². The molecule has 1 atom stereocenters. The Kier molecular flexibility index (Phi) is 11.9. The van der Waals surface area contributed by atoms with Gasteiger partial charge in [-0.3, -0.25) is 9.69 Å². The molecule has 0 aromatic heterocycles. The molecule has 30 heavy (non-hydrogen) atoms. The minimum atomic E-state index is -0.00224. The number of ether oxygens (including phenoxy) is 2. The van der Waals surface area contributed by atoms with Gasteiger partial charge in [0.05, 0.1) is 27.3 Å². The second-order valence-corrected chi connectivity index (χ2v) is 7.29. The molecule has 170 valence electrons. The topological polar surface area (TPSA) is 78.4 Å². The number of carbonyl (C=O) groups excluding carboxylic acids is 1. The SMILES string of the molecule is CCN1CCCC1CNC(=NCc1ccc(OC)cc1OC)NCC(=O)N(C)C.I. The summed E-state index contributed by atoms with van der Waals surface area (Å²) >= 11 is 0. The molecular weight excluding hydrogens is 497 g/mol. The largest absolute Gasteiger partial charge is 0.497 e. The molecule has 0 bridgehead atoms. The highest BCUT2D eigenvalue weighted by molar-refractivity contribution is 14.0. The van der Waals surface area contributed by atoms with Crippen molar-refractivity contribution in [2.75, 3.05) is 54.5 Å². The van der Waals surface area contributed by atoms with E-state index in [1.165, 1.54) is 12.8 Å². The van der Waals surface area contributed by atoms with Crippen molar-refractivity contribution < 1.29 is 14.3 Å². The average Bonchev–Trinajstić information content (AvgIpc) is 3.20. The van der Waals surface area contributed by atoms with Crippen LogP contribution in [0.4, 0.5) is 0 Å². The first-order chi connectivity index (χ1) is 14.0. The van der Waals surface area contributed by atoms with Crippen molar-refractivity contribution in [2.45, 2.75) is 32.4 Å². The maximum Gasteiger partial charge on any atom is 0.241 e. The molecule has 0 radical (unpaired) electrons. The molecule has 0 saturated carbocycles. The Morgan fingerprint density at radius 2 is 2.03 bits per heavy atom. The van der Waals surface area contributed by atoms with Crippen LogP contribution in [0.3, 0.4) is 0 Å². The van der Waals surface area contributed by atoms with Crippen LogP contribution in [0.15, 0.2) is 23.2 Å². The first kappa shape index (κ1) is 26.3. The maximum absolute atomic E-state index is 12.0. The van der Waals surface area contributed by atoms with Crippen molar-refractivity contribution in [1.29, 1.82) is 0 Å². The van der Waals surface area contributed by atoms with E-state index in [2.05, 4.69) is 27.4 Å². The molecule has 1 aliphatic rings. The molecule has 0 spiro atoms. The molecule has 2 rings (SSSR count). The van der Waals surface area contributed by atoms with Gasteiger partial charge in [0.2, 0.25) is 5.91 Å². The molecule has 1 aromatic rings. The van der Waals surface area contributed by atoms with Crippen molar-refractivity contribution in [3.05, 3.63) is 23.8 Å². The monoisotopic (exact) mass is 533 g/mol. The highest BCUT2D eigenvalue weighted by Gasteiger charge is 2.23. The van der Waals surface area contributed by atoms with E-state index in [1.807, 2.05) is 18.2 Å². The number of rotatable bonds is 9. The van der Waals surface area contributed by atoms with Crippen molar-refractivity contribution in [3.63, 3.8) is 0 Å². The predicted octanol–water partition coefficient (Wildman–Crippen LogP) is 1.93. The summed E-state index contributed by atoms with van der Waals surface area (Å²) in [5, 5.41) is 6.56. The van der Waals surface area contributed by atoms with Crippen LogP contribution in [0, 0.1) is 0 Å². The summed E-state index contributed by atoms with van der Waals surface area (Å²) in [5.74, 6) is 2.09. The molecule has 1 unspecified atom stereocenters. The number of guanidine groups is 1. The van der Waals surface area contributed by atoms with E-state index in [-0.39, 0.29) is 36.4 Å². The number of carbonyl (C=O) groups is 1. The van der Waals surface area contributed by atoms with Gasteiger partial charge >= 0.3 is 0 Å². The fraction of sp³-hybridized carbons (Fsp3) is 0.619. The highest BCUT2D eigenvalue weighted by Crippen LogP contribution is 2.25. The minimum Gasteiger partial charge on any atom is -0.497 e. The Bertz CT molecular complexity index is 699. The number of likely N-dealkylation sites (tertiary alicyclic amines) is 1. The number of methoxy groups -OCH3 is 2. The fourth-order valence-electron chi connectivity index (χ4n) is 3.40. The number of nitrogens with one attached hydrogen (secondary N) is 2. The normalized spacial score (nSPS) is 16.6.